The van der Waals surface area contributed by atoms with Crippen LogP contribution in [0.5, 0.6) is 0 Å². The standard InChI is InChI=1S/C14H14BrN3S.C2H6.H2/c15-12-6-7-13(17-10-12)18-14(19)16-9-8-11-4-2-1-3-5-11;1-2;/h1-7,10H,8-9H2,(H2,16,17,18,19);1-2H3;1H. The van der Waals surface area contributed by atoms with Gasteiger partial charge in [-0.05, 0) is 52.3 Å². The van der Waals surface area contributed by atoms with E-state index in [0.717, 1.165) is 23.3 Å². The van der Waals surface area contributed by atoms with Gasteiger partial charge in [0.2, 0.25) is 0 Å². The summed E-state index contributed by atoms with van der Waals surface area (Å²) >= 11 is 8.55. The van der Waals surface area contributed by atoms with Crippen LogP contribution in [-0.2, 0) is 6.42 Å². The lowest BCUT2D eigenvalue weighted by Gasteiger charge is -2.09. The molecule has 21 heavy (non-hydrogen) atoms. The zero-order valence-electron chi connectivity index (χ0n) is 12.3. The fraction of sp³-hybridized carbons (Fsp3) is 0.250. The molecule has 0 aliphatic rings. The van der Waals surface area contributed by atoms with E-state index in [4.69, 9.17) is 12.2 Å². The average molecular weight is 368 g/mol. The van der Waals surface area contributed by atoms with Crippen molar-refractivity contribution in [1.29, 1.82) is 0 Å². The number of hydrogen-bond acceptors (Lipinski definition) is 2. The molecule has 5 heteroatoms. The normalized spacial score (nSPS) is 9.29. The van der Waals surface area contributed by atoms with Gasteiger partial charge in [-0.15, -0.1) is 0 Å². The van der Waals surface area contributed by atoms with Crippen molar-refractivity contribution in [3.8, 4) is 0 Å². The smallest absolute Gasteiger partial charge is 0.171 e. The van der Waals surface area contributed by atoms with Gasteiger partial charge in [0, 0.05) is 18.6 Å². The van der Waals surface area contributed by atoms with Crippen molar-refractivity contribution in [1.82, 2.24) is 10.3 Å². The van der Waals surface area contributed by atoms with Crippen LogP contribution in [-0.4, -0.2) is 16.6 Å². The third-order valence-electron chi connectivity index (χ3n) is 2.51. The number of aromatic nitrogens is 1. The van der Waals surface area contributed by atoms with Gasteiger partial charge in [-0.1, -0.05) is 44.2 Å². The van der Waals surface area contributed by atoms with Crippen LogP contribution in [0.2, 0.25) is 0 Å². The van der Waals surface area contributed by atoms with E-state index in [1.807, 2.05) is 44.2 Å². The minimum Gasteiger partial charge on any atom is -0.362 e. The van der Waals surface area contributed by atoms with Gasteiger partial charge in [0.05, 0.1) is 0 Å². The van der Waals surface area contributed by atoms with Gasteiger partial charge in [-0.3, -0.25) is 0 Å². The number of thiocarbonyl (C=S) groups is 1. The molecular formula is C16H22BrN3S. The first kappa shape index (κ1) is 17.6. The largest absolute Gasteiger partial charge is 0.362 e. The molecule has 0 amide bonds. The Labute approximate surface area is 141 Å². The number of halogens is 1. The molecule has 0 saturated heterocycles. The van der Waals surface area contributed by atoms with Crippen LogP contribution >= 0.6 is 28.1 Å². The Morgan fingerprint density at radius 2 is 1.90 bits per heavy atom. The quantitative estimate of drug-likeness (QED) is 0.771. The summed E-state index contributed by atoms with van der Waals surface area (Å²) < 4.78 is 0.945. The molecule has 2 N–H and O–H groups in total. The van der Waals surface area contributed by atoms with E-state index in [1.54, 1.807) is 6.20 Å². The third kappa shape index (κ3) is 7.20. The lowest BCUT2D eigenvalue weighted by molar-refractivity contribution is 0.873. The first-order valence-electron chi connectivity index (χ1n) is 6.94. The molecule has 0 bridgehead atoms. The Kier molecular flexibility index (Phi) is 8.62. The van der Waals surface area contributed by atoms with Gasteiger partial charge in [0.15, 0.2) is 5.11 Å². The first-order chi connectivity index (χ1) is 10.2. The Morgan fingerprint density at radius 1 is 1.19 bits per heavy atom. The van der Waals surface area contributed by atoms with Crippen LogP contribution in [0.3, 0.4) is 0 Å². The molecule has 0 aliphatic carbocycles. The predicted molar refractivity (Wildman–Crippen MR) is 99.8 cm³/mol. The molecule has 0 spiro atoms. The average Bonchev–Trinajstić information content (AvgIpc) is 2.53. The summed E-state index contributed by atoms with van der Waals surface area (Å²) in [6.45, 7) is 4.80. The highest BCUT2D eigenvalue weighted by Crippen LogP contribution is 2.10. The fourth-order valence-corrected chi connectivity index (χ4v) is 2.02. The number of pyridine rings is 1. The van der Waals surface area contributed by atoms with Crippen molar-refractivity contribution in [2.24, 2.45) is 0 Å². The number of nitrogens with one attached hydrogen (secondary N) is 2. The summed E-state index contributed by atoms with van der Waals surface area (Å²) in [5, 5.41) is 6.80. The molecule has 0 saturated carbocycles. The van der Waals surface area contributed by atoms with Crippen LogP contribution in [0, 0.1) is 0 Å². The van der Waals surface area contributed by atoms with Crippen LogP contribution in [0.4, 0.5) is 5.82 Å². The summed E-state index contributed by atoms with van der Waals surface area (Å²) in [4.78, 5) is 4.20. The van der Waals surface area contributed by atoms with Crippen LogP contribution in [0.1, 0.15) is 20.8 Å². The Hall–Kier alpha value is -1.46. The van der Waals surface area contributed by atoms with E-state index in [-0.39, 0.29) is 1.43 Å². The monoisotopic (exact) mass is 367 g/mol. The van der Waals surface area contributed by atoms with Crippen molar-refractivity contribution in [3.05, 3.63) is 58.7 Å². The zero-order chi connectivity index (χ0) is 15.5. The maximum absolute atomic E-state index is 5.21. The Balaban J connectivity index is 0.00000141. The molecule has 1 aromatic heterocycles. The van der Waals surface area contributed by atoms with Crippen LogP contribution in [0.25, 0.3) is 0 Å². The lowest BCUT2D eigenvalue weighted by Crippen LogP contribution is -2.30. The second-order valence-corrected chi connectivity index (χ2v) is 5.30. The van der Waals surface area contributed by atoms with E-state index in [9.17, 15) is 0 Å². The van der Waals surface area contributed by atoms with E-state index in [1.165, 1.54) is 5.56 Å². The highest BCUT2D eigenvalue weighted by atomic mass is 79.9. The SMILES string of the molecule is CC.S=C(NCCc1ccccc1)Nc1ccc(Br)cn1.[HH]. The second-order valence-electron chi connectivity index (χ2n) is 3.98. The summed E-state index contributed by atoms with van der Waals surface area (Å²) in [6, 6.07) is 14.1. The fourth-order valence-electron chi connectivity index (χ4n) is 1.58. The number of rotatable bonds is 4. The number of hydrogen-bond donors (Lipinski definition) is 2. The Morgan fingerprint density at radius 3 is 2.52 bits per heavy atom. The van der Waals surface area contributed by atoms with Gasteiger partial charge in [0.1, 0.15) is 5.82 Å². The maximum Gasteiger partial charge on any atom is 0.171 e. The molecule has 3 nitrogen and oxygen atoms in total. The predicted octanol–water partition coefficient (Wildman–Crippen LogP) is 4.65. The molecule has 2 rings (SSSR count). The molecule has 0 unspecified atom stereocenters. The van der Waals surface area contributed by atoms with E-state index in [2.05, 4.69) is 43.7 Å². The minimum atomic E-state index is 0. The van der Waals surface area contributed by atoms with Gasteiger partial charge >= 0.3 is 0 Å². The lowest BCUT2D eigenvalue weighted by atomic mass is 10.1. The van der Waals surface area contributed by atoms with Crippen LogP contribution in [0.15, 0.2) is 53.1 Å². The summed E-state index contributed by atoms with van der Waals surface area (Å²) in [6.07, 6.45) is 2.67. The first-order valence-corrected chi connectivity index (χ1v) is 8.14. The van der Waals surface area contributed by atoms with E-state index < -0.39 is 0 Å². The molecule has 1 heterocycles. The molecule has 0 fully saturated rings. The summed E-state index contributed by atoms with van der Waals surface area (Å²) in [7, 11) is 0. The number of nitrogens with zero attached hydrogens (tertiary/aromatic N) is 1. The second kappa shape index (κ2) is 10.3. The molecule has 114 valence electrons. The van der Waals surface area contributed by atoms with Crippen LogP contribution < -0.4 is 10.6 Å². The Bertz CT molecular complexity index is 535. The van der Waals surface area contributed by atoms with Crippen molar-refractivity contribution in [2.75, 3.05) is 11.9 Å². The van der Waals surface area contributed by atoms with Crippen molar-refractivity contribution in [2.45, 2.75) is 20.3 Å². The molecule has 2 aromatic rings. The van der Waals surface area contributed by atoms with Gasteiger partial charge in [-0.2, -0.15) is 0 Å². The van der Waals surface area contributed by atoms with Crippen molar-refractivity contribution >= 4 is 39.1 Å². The highest BCUT2D eigenvalue weighted by Gasteiger charge is 1.98. The topological polar surface area (TPSA) is 37.0 Å². The maximum atomic E-state index is 5.21. The summed E-state index contributed by atoms with van der Waals surface area (Å²) in [5.41, 5.74) is 1.29. The van der Waals surface area contributed by atoms with E-state index in [0.29, 0.717) is 5.11 Å². The molecule has 0 atom stereocenters. The molecule has 1 aromatic carbocycles. The number of anilines is 1. The van der Waals surface area contributed by atoms with Crippen molar-refractivity contribution < 1.29 is 1.43 Å². The molecule has 0 aliphatic heterocycles. The van der Waals surface area contributed by atoms with Gasteiger partial charge in [-0.25, -0.2) is 4.98 Å². The third-order valence-corrected chi connectivity index (χ3v) is 3.23. The molecular weight excluding hydrogens is 346 g/mol. The number of benzene rings is 1. The van der Waals surface area contributed by atoms with E-state index >= 15 is 0 Å². The zero-order valence-corrected chi connectivity index (χ0v) is 14.7. The highest BCUT2D eigenvalue weighted by molar-refractivity contribution is 9.10. The molecule has 0 radical (unpaired) electrons. The van der Waals surface area contributed by atoms with Gasteiger partial charge in [0.25, 0.3) is 0 Å². The summed E-state index contributed by atoms with van der Waals surface area (Å²) in [5.74, 6) is 0.736. The van der Waals surface area contributed by atoms with Crippen molar-refractivity contribution in [3.63, 3.8) is 0 Å². The van der Waals surface area contributed by atoms with Gasteiger partial charge < -0.3 is 10.6 Å². The minimum absolute atomic E-state index is 0.